The average Bonchev–Trinajstić information content (AvgIpc) is 2.32. The molecule has 1 amide bonds. The monoisotopic (exact) mass is 301 g/mol. The van der Waals surface area contributed by atoms with Crippen molar-refractivity contribution in [3.8, 4) is 5.75 Å². The minimum absolute atomic E-state index is 0.0337. The molecule has 4 nitrogen and oxygen atoms in total. The SMILES string of the molecule is Cc1cccc(C(=O)NCCOCCBr)c1O. The summed E-state index contributed by atoms with van der Waals surface area (Å²) in [7, 11) is 0. The Morgan fingerprint density at radius 3 is 2.94 bits per heavy atom. The summed E-state index contributed by atoms with van der Waals surface area (Å²) in [6, 6.07) is 5.09. The molecule has 1 aromatic rings. The van der Waals surface area contributed by atoms with E-state index >= 15 is 0 Å². The standard InChI is InChI=1S/C12H16BrNO3/c1-9-3-2-4-10(11(9)15)12(16)14-6-8-17-7-5-13/h2-4,15H,5-8H2,1H3,(H,14,16). The zero-order chi connectivity index (χ0) is 12.7. The van der Waals surface area contributed by atoms with Crippen LogP contribution in [0.25, 0.3) is 0 Å². The fraction of sp³-hybridized carbons (Fsp3) is 0.417. The minimum Gasteiger partial charge on any atom is -0.507 e. The van der Waals surface area contributed by atoms with E-state index in [1.54, 1.807) is 25.1 Å². The predicted molar refractivity (Wildman–Crippen MR) is 69.8 cm³/mol. The van der Waals surface area contributed by atoms with E-state index in [-0.39, 0.29) is 11.7 Å². The number of hydrogen-bond donors (Lipinski definition) is 2. The molecule has 0 heterocycles. The van der Waals surface area contributed by atoms with Gasteiger partial charge in [0.1, 0.15) is 5.75 Å². The fourth-order valence-electron chi connectivity index (χ4n) is 1.33. The number of alkyl halides is 1. The smallest absolute Gasteiger partial charge is 0.255 e. The van der Waals surface area contributed by atoms with Gasteiger partial charge in [0.15, 0.2) is 0 Å². The number of carbonyl (C=O) groups excluding carboxylic acids is 1. The summed E-state index contributed by atoms with van der Waals surface area (Å²) in [4.78, 5) is 11.7. The van der Waals surface area contributed by atoms with Crippen molar-refractivity contribution in [1.29, 1.82) is 0 Å². The summed E-state index contributed by atoms with van der Waals surface area (Å²) in [5, 5.41) is 13.2. The van der Waals surface area contributed by atoms with Crippen molar-refractivity contribution in [2.75, 3.05) is 25.1 Å². The zero-order valence-corrected chi connectivity index (χ0v) is 11.3. The number of carbonyl (C=O) groups is 1. The molecule has 0 saturated carbocycles. The van der Waals surface area contributed by atoms with E-state index in [9.17, 15) is 9.90 Å². The van der Waals surface area contributed by atoms with Gasteiger partial charge in [0, 0.05) is 11.9 Å². The van der Waals surface area contributed by atoms with E-state index in [2.05, 4.69) is 21.2 Å². The number of rotatable bonds is 6. The van der Waals surface area contributed by atoms with Gasteiger partial charge < -0.3 is 15.2 Å². The third-order valence-corrected chi connectivity index (χ3v) is 2.56. The van der Waals surface area contributed by atoms with E-state index < -0.39 is 0 Å². The number of benzene rings is 1. The highest BCUT2D eigenvalue weighted by molar-refractivity contribution is 9.09. The second-order valence-corrected chi connectivity index (χ2v) is 4.32. The molecule has 0 fully saturated rings. The lowest BCUT2D eigenvalue weighted by Gasteiger charge is -2.08. The van der Waals surface area contributed by atoms with Gasteiger partial charge in [-0.15, -0.1) is 0 Å². The third-order valence-electron chi connectivity index (χ3n) is 2.24. The van der Waals surface area contributed by atoms with Crippen LogP contribution in [-0.4, -0.2) is 36.1 Å². The molecule has 1 rings (SSSR count). The van der Waals surface area contributed by atoms with E-state index in [4.69, 9.17) is 4.74 Å². The Bertz CT molecular complexity index is 382. The molecule has 0 aliphatic rings. The summed E-state index contributed by atoms with van der Waals surface area (Å²) in [6.07, 6.45) is 0. The second-order valence-electron chi connectivity index (χ2n) is 3.53. The van der Waals surface area contributed by atoms with Gasteiger partial charge in [-0.25, -0.2) is 0 Å². The number of phenolic OH excluding ortho intramolecular Hbond substituents is 1. The van der Waals surface area contributed by atoms with E-state index in [1.807, 2.05) is 0 Å². The Kier molecular flexibility index (Phi) is 6.00. The van der Waals surface area contributed by atoms with Crippen LogP contribution in [0.4, 0.5) is 0 Å². The molecule has 0 aromatic heterocycles. The number of nitrogens with one attached hydrogen (secondary N) is 1. The maximum absolute atomic E-state index is 11.7. The maximum Gasteiger partial charge on any atom is 0.255 e. The van der Waals surface area contributed by atoms with Gasteiger partial charge in [0.25, 0.3) is 5.91 Å². The van der Waals surface area contributed by atoms with Crippen molar-refractivity contribution in [3.63, 3.8) is 0 Å². The van der Waals surface area contributed by atoms with Gasteiger partial charge in [0.2, 0.25) is 0 Å². The topological polar surface area (TPSA) is 58.6 Å². The zero-order valence-electron chi connectivity index (χ0n) is 9.70. The first-order chi connectivity index (χ1) is 8.16. The summed E-state index contributed by atoms with van der Waals surface area (Å²) < 4.78 is 5.20. The Hall–Kier alpha value is -1.07. The molecule has 0 spiro atoms. The molecule has 0 saturated heterocycles. The lowest BCUT2D eigenvalue weighted by Crippen LogP contribution is -2.27. The third kappa shape index (κ3) is 4.36. The molecule has 0 radical (unpaired) electrons. The van der Waals surface area contributed by atoms with Crippen molar-refractivity contribution in [3.05, 3.63) is 29.3 Å². The summed E-state index contributed by atoms with van der Waals surface area (Å²) >= 11 is 3.24. The van der Waals surface area contributed by atoms with Crippen LogP contribution >= 0.6 is 15.9 Å². The van der Waals surface area contributed by atoms with Gasteiger partial charge >= 0.3 is 0 Å². The van der Waals surface area contributed by atoms with Crippen LogP contribution in [0.2, 0.25) is 0 Å². The Labute approximate surface area is 109 Å². The largest absolute Gasteiger partial charge is 0.507 e. The number of aryl methyl sites for hydroxylation is 1. The first-order valence-corrected chi connectivity index (χ1v) is 6.49. The molecular weight excluding hydrogens is 286 g/mol. The van der Waals surface area contributed by atoms with Crippen LogP contribution in [0.5, 0.6) is 5.75 Å². The lowest BCUT2D eigenvalue weighted by molar-refractivity contribution is 0.0921. The van der Waals surface area contributed by atoms with Gasteiger partial charge in [-0.2, -0.15) is 0 Å². The molecule has 0 unspecified atom stereocenters. The van der Waals surface area contributed by atoms with Crippen LogP contribution in [0.3, 0.4) is 0 Å². The Balaban J connectivity index is 2.44. The van der Waals surface area contributed by atoms with Crippen molar-refractivity contribution in [1.82, 2.24) is 5.32 Å². The van der Waals surface area contributed by atoms with E-state index in [0.717, 1.165) is 5.33 Å². The van der Waals surface area contributed by atoms with E-state index in [1.165, 1.54) is 0 Å². The van der Waals surface area contributed by atoms with Crippen LogP contribution in [0.15, 0.2) is 18.2 Å². The molecular formula is C12H16BrNO3. The minimum atomic E-state index is -0.284. The van der Waals surface area contributed by atoms with Crippen LogP contribution in [0.1, 0.15) is 15.9 Å². The summed E-state index contributed by atoms with van der Waals surface area (Å²) in [5.74, 6) is -0.250. The summed E-state index contributed by atoms with van der Waals surface area (Å²) in [6.45, 7) is 3.26. The fourth-order valence-corrected chi connectivity index (χ4v) is 1.56. The predicted octanol–water partition coefficient (Wildman–Crippen LogP) is 1.84. The average molecular weight is 302 g/mol. The molecule has 0 atom stereocenters. The molecule has 94 valence electrons. The van der Waals surface area contributed by atoms with Crippen molar-refractivity contribution < 1.29 is 14.6 Å². The molecule has 5 heteroatoms. The number of para-hydroxylation sites is 1. The highest BCUT2D eigenvalue weighted by Crippen LogP contribution is 2.20. The number of halogens is 1. The number of aromatic hydroxyl groups is 1. The van der Waals surface area contributed by atoms with E-state index in [0.29, 0.717) is 30.9 Å². The molecule has 0 aliphatic carbocycles. The Morgan fingerprint density at radius 1 is 1.47 bits per heavy atom. The molecule has 1 aromatic carbocycles. The number of ether oxygens (including phenoxy) is 1. The first kappa shape index (κ1) is 14.0. The first-order valence-electron chi connectivity index (χ1n) is 5.37. The van der Waals surface area contributed by atoms with Gasteiger partial charge in [-0.1, -0.05) is 28.1 Å². The maximum atomic E-state index is 11.7. The highest BCUT2D eigenvalue weighted by atomic mass is 79.9. The van der Waals surface area contributed by atoms with Gasteiger partial charge in [-0.05, 0) is 18.6 Å². The normalized spacial score (nSPS) is 10.2. The quantitative estimate of drug-likeness (QED) is 0.623. The van der Waals surface area contributed by atoms with Gasteiger partial charge in [0.05, 0.1) is 18.8 Å². The van der Waals surface area contributed by atoms with Crippen molar-refractivity contribution in [2.24, 2.45) is 0 Å². The lowest BCUT2D eigenvalue weighted by atomic mass is 10.1. The molecule has 17 heavy (non-hydrogen) atoms. The van der Waals surface area contributed by atoms with Crippen LogP contribution < -0.4 is 5.32 Å². The van der Waals surface area contributed by atoms with Crippen LogP contribution in [-0.2, 0) is 4.74 Å². The molecule has 0 aliphatic heterocycles. The van der Waals surface area contributed by atoms with Crippen molar-refractivity contribution in [2.45, 2.75) is 6.92 Å². The van der Waals surface area contributed by atoms with Gasteiger partial charge in [-0.3, -0.25) is 4.79 Å². The van der Waals surface area contributed by atoms with Crippen LogP contribution in [0, 0.1) is 6.92 Å². The summed E-state index contributed by atoms with van der Waals surface area (Å²) in [5.41, 5.74) is 0.985. The Morgan fingerprint density at radius 2 is 2.24 bits per heavy atom. The molecule has 0 bridgehead atoms. The molecule has 2 N–H and O–H groups in total. The highest BCUT2D eigenvalue weighted by Gasteiger charge is 2.11. The number of phenols is 1. The number of amides is 1. The number of hydrogen-bond acceptors (Lipinski definition) is 3. The second kappa shape index (κ2) is 7.29. The van der Waals surface area contributed by atoms with Crippen molar-refractivity contribution >= 4 is 21.8 Å².